The van der Waals surface area contributed by atoms with E-state index < -0.39 is 0 Å². The molecule has 1 N–H and O–H groups in total. The molecular formula is C15H20ClNO3. The number of aryl methyl sites for hydroxylation is 1. The maximum absolute atomic E-state index is 12.3. The maximum atomic E-state index is 12.3. The number of benzene rings is 1. The summed E-state index contributed by atoms with van der Waals surface area (Å²) in [6.07, 6.45) is 0. The summed E-state index contributed by atoms with van der Waals surface area (Å²) in [6, 6.07) is 3.62. The second kappa shape index (κ2) is 6.29. The predicted octanol–water partition coefficient (Wildman–Crippen LogP) is -1.93. The first-order valence-corrected chi connectivity index (χ1v) is 6.34. The number of hydrogen-bond donors (Lipinski definition) is 1. The first kappa shape index (κ1) is 16.5. The van der Waals surface area contributed by atoms with Crippen molar-refractivity contribution in [2.45, 2.75) is 20.4 Å². The molecule has 0 spiro atoms. The van der Waals surface area contributed by atoms with Crippen LogP contribution in [0.2, 0.25) is 0 Å². The van der Waals surface area contributed by atoms with Crippen LogP contribution in [0.25, 0.3) is 11.0 Å². The van der Waals surface area contributed by atoms with Gasteiger partial charge in [0, 0.05) is 5.56 Å². The average Bonchev–Trinajstić information content (AvgIpc) is 2.36. The van der Waals surface area contributed by atoms with Crippen LogP contribution in [0.5, 0.6) is 5.75 Å². The minimum Gasteiger partial charge on any atom is -1.00 e. The number of methoxy groups -OCH3 is 1. The van der Waals surface area contributed by atoms with Crippen molar-refractivity contribution in [3.8, 4) is 5.75 Å². The fourth-order valence-corrected chi connectivity index (χ4v) is 2.21. The van der Waals surface area contributed by atoms with Crippen LogP contribution in [0.15, 0.2) is 21.3 Å². The van der Waals surface area contributed by atoms with E-state index in [0.717, 1.165) is 17.9 Å². The van der Waals surface area contributed by atoms with Crippen molar-refractivity contribution < 1.29 is 26.5 Å². The Morgan fingerprint density at radius 2 is 1.90 bits per heavy atom. The second-order valence-electron chi connectivity index (χ2n) is 5.12. The number of quaternary nitrogens is 1. The fraction of sp³-hybridized carbons (Fsp3) is 0.400. The van der Waals surface area contributed by atoms with E-state index in [-0.39, 0.29) is 17.8 Å². The molecule has 0 fully saturated rings. The molecule has 0 unspecified atom stereocenters. The third-order valence-corrected chi connectivity index (χ3v) is 3.34. The molecule has 2 aromatic rings. The van der Waals surface area contributed by atoms with Gasteiger partial charge in [-0.3, -0.25) is 4.79 Å². The summed E-state index contributed by atoms with van der Waals surface area (Å²) in [5, 5.41) is 0.625. The third-order valence-electron chi connectivity index (χ3n) is 3.34. The van der Waals surface area contributed by atoms with Crippen LogP contribution in [0.1, 0.15) is 16.9 Å². The van der Waals surface area contributed by atoms with E-state index in [4.69, 9.17) is 9.15 Å². The number of ether oxygens (including phenoxy) is 1. The van der Waals surface area contributed by atoms with Crippen molar-refractivity contribution in [2.75, 3.05) is 21.2 Å². The summed E-state index contributed by atoms with van der Waals surface area (Å²) in [6.45, 7) is 4.36. The Hall–Kier alpha value is -1.52. The summed E-state index contributed by atoms with van der Waals surface area (Å²) in [5.74, 6) is 1.43. The molecule has 0 saturated carbocycles. The number of hydrogen-bond acceptors (Lipinski definition) is 3. The lowest BCUT2D eigenvalue weighted by molar-refractivity contribution is -0.872. The van der Waals surface area contributed by atoms with Gasteiger partial charge in [-0.25, -0.2) is 0 Å². The van der Waals surface area contributed by atoms with E-state index in [9.17, 15) is 4.79 Å². The van der Waals surface area contributed by atoms with Gasteiger partial charge in [-0.2, -0.15) is 0 Å². The highest BCUT2D eigenvalue weighted by Crippen LogP contribution is 2.27. The van der Waals surface area contributed by atoms with Crippen LogP contribution in [0, 0.1) is 13.8 Å². The Morgan fingerprint density at radius 1 is 1.25 bits per heavy atom. The number of halogens is 1. The minimum absolute atomic E-state index is 0. The number of fused-ring (bicyclic) bond motifs is 1. The molecule has 2 rings (SSSR count). The van der Waals surface area contributed by atoms with Gasteiger partial charge in [-0.15, -0.1) is 0 Å². The molecule has 4 nitrogen and oxygen atoms in total. The molecule has 110 valence electrons. The molecule has 5 heteroatoms. The average molecular weight is 298 g/mol. The Kier molecular flexibility index (Phi) is 5.20. The van der Waals surface area contributed by atoms with Crippen LogP contribution >= 0.6 is 0 Å². The van der Waals surface area contributed by atoms with Gasteiger partial charge < -0.3 is 26.5 Å². The zero-order valence-electron chi connectivity index (χ0n) is 12.5. The second-order valence-corrected chi connectivity index (χ2v) is 5.12. The summed E-state index contributed by atoms with van der Waals surface area (Å²) in [4.78, 5) is 13.5. The van der Waals surface area contributed by atoms with Gasteiger partial charge in [0.25, 0.3) is 0 Å². The number of rotatable bonds is 3. The maximum Gasteiger partial charge on any atom is 0.195 e. The largest absolute Gasteiger partial charge is 1.00 e. The van der Waals surface area contributed by atoms with E-state index in [1.165, 1.54) is 4.90 Å². The molecule has 1 heterocycles. The van der Waals surface area contributed by atoms with Gasteiger partial charge >= 0.3 is 0 Å². The molecule has 1 aromatic heterocycles. The van der Waals surface area contributed by atoms with Crippen molar-refractivity contribution in [2.24, 2.45) is 0 Å². The quantitative estimate of drug-likeness (QED) is 0.717. The van der Waals surface area contributed by atoms with Crippen molar-refractivity contribution in [1.29, 1.82) is 0 Å². The predicted molar refractivity (Wildman–Crippen MR) is 75.0 cm³/mol. The lowest BCUT2D eigenvalue weighted by atomic mass is 10.1. The summed E-state index contributed by atoms with van der Waals surface area (Å²) in [7, 11) is 5.74. The first-order valence-electron chi connectivity index (χ1n) is 6.34. The Labute approximate surface area is 124 Å². The molecule has 0 bridgehead atoms. The third kappa shape index (κ3) is 2.81. The zero-order valence-corrected chi connectivity index (χ0v) is 13.2. The van der Waals surface area contributed by atoms with Crippen molar-refractivity contribution in [1.82, 2.24) is 0 Å². The molecular weight excluding hydrogens is 278 g/mol. The van der Waals surface area contributed by atoms with Gasteiger partial charge in [-0.1, -0.05) is 0 Å². The molecule has 0 saturated heterocycles. The molecule has 0 aliphatic carbocycles. The lowest BCUT2D eigenvalue weighted by Gasteiger charge is -2.14. The molecule has 1 aromatic carbocycles. The van der Waals surface area contributed by atoms with Crippen LogP contribution in [-0.2, 0) is 6.54 Å². The number of nitrogens with one attached hydrogen (secondary N) is 1. The summed E-state index contributed by atoms with van der Waals surface area (Å²) in [5.41, 5.74) is 2.30. The summed E-state index contributed by atoms with van der Waals surface area (Å²) >= 11 is 0. The van der Waals surface area contributed by atoms with E-state index >= 15 is 0 Å². The normalized spacial score (nSPS) is 10.7. The Morgan fingerprint density at radius 3 is 2.45 bits per heavy atom. The highest BCUT2D eigenvalue weighted by atomic mass is 35.5. The zero-order chi connectivity index (χ0) is 14.2. The SMILES string of the molecule is COc1ccc2c(=O)c(C)c(C)oc2c1C[NH+](C)C.[Cl-]. The van der Waals surface area contributed by atoms with Gasteiger partial charge in [-0.05, 0) is 26.0 Å². The van der Waals surface area contributed by atoms with E-state index in [1.807, 2.05) is 13.0 Å². The highest BCUT2D eigenvalue weighted by Gasteiger charge is 2.17. The Bertz CT molecular complexity index is 677. The summed E-state index contributed by atoms with van der Waals surface area (Å²) < 4.78 is 11.2. The lowest BCUT2D eigenvalue weighted by Crippen LogP contribution is -3.04. The van der Waals surface area contributed by atoms with Crippen LogP contribution in [0.3, 0.4) is 0 Å². The van der Waals surface area contributed by atoms with Gasteiger partial charge in [0.2, 0.25) is 0 Å². The fourth-order valence-electron chi connectivity index (χ4n) is 2.21. The molecule has 0 radical (unpaired) electrons. The molecule has 0 amide bonds. The minimum atomic E-state index is 0. The smallest absolute Gasteiger partial charge is 0.195 e. The van der Waals surface area contributed by atoms with Crippen molar-refractivity contribution in [3.63, 3.8) is 0 Å². The highest BCUT2D eigenvalue weighted by molar-refractivity contribution is 5.82. The topological polar surface area (TPSA) is 43.9 Å². The molecule has 20 heavy (non-hydrogen) atoms. The van der Waals surface area contributed by atoms with E-state index in [0.29, 0.717) is 22.3 Å². The monoisotopic (exact) mass is 297 g/mol. The van der Waals surface area contributed by atoms with E-state index in [1.54, 1.807) is 20.1 Å². The standard InChI is InChI=1S/C15H19NO3.ClH/c1-9-10(2)19-15-11(14(9)17)6-7-13(18-5)12(15)8-16(3)4;/h6-7H,8H2,1-5H3;1H. The van der Waals surface area contributed by atoms with E-state index in [2.05, 4.69) is 14.1 Å². The van der Waals surface area contributed by atoms with Gasteiger partial charge in [0.1, 0.15) is 18.1 Å². The van der Waals surface area contributed by atoms with Gasteiger partial charge in [0.05, 0.1) is 32.2 Å². The first-order chi connectivity index (χ1) is 8.95. The van der Waals surface area contributed by atoms with Gasteiger partial charge in [0.15, 0.2) is 11.0 Å². The van der Waals surface area contributed by atoms with Crippen molar-refractivity contribution >= 4 is 11.0 Å². The molecule has 0 aliphatic heterocycles. The van der Waals surface area contributed by atoms with Crippen LogP contribution < -0.4 is 27.5 Å². The van der Waals surface area contributed by atoms with Crippen LogP contribution in [0.4, 0.5) is 0 Å². The molecule has 0 atom stereocenters. The van der Waals surface area contributed by atoms with Crippen LogP contribution in [-0.4, -0.2) is 21.2 Å². The molecule has 0 aliphatic rings. The van der Waals surface area contributed by atoms with Crippen molar-refractivity contribution in [3.05, 3.63) is 39.2 Å². The Balaban J connectivity index is 0.00000200.